The number of hydrogen-bond donors (Lipinski definition) is 3. The molecule has 2 aromatic heterocycles. The smallest absolute Gasteiger partial charge is 0.271 e. The lowest BCUT2D eigenvalue weighted by molar-refractivity contribution is 0.0948. The topological polar surface area (TPSA) is 90.6 Å². The van der Waals surface area contributed by atoms with Gasteiger partial charge in [-0.3, -0.25) is 9.59 Å². The highest BCUT2D eigenvalue weighted by Crippen LogP contribution is 2.16. The highest BCUT2D eigenvalue weighted by molar-refractivity contribution is 5.92. The molecule has 0 saturated carbocycles. The van der Waals surface area contributed by atoms with Gasteiger partial charge in [-0.1, -0.05) is 6.07 Å². The van der Waals surface area contributed by atoms with Crippen LogP contribution in [-0.4, -0.2) is 27.6 Å². The van der Waals surface area contributed by atoms with Gasteiger partial charge in [0.25, 0.3) is 11.5 Å². The quantitative estimate of drug-likeness (QED) is 0.682. The molecule has 6 heteroatoms. The molecule has 0 radical (unpaired) electrons. The second-order valence-corrected chi connectivity index (χ2v) is 5.19. The van der Waals surface area contributed by atoms with E-state index in [0.29, 0.717) is 6.54 Å². The van der Waals surface area contributed by atoms with Crippen molar-refractivity contribution < 1.29 is 4.79 Å². The summed E-state index contributed by atoms with van der Waals surface area (Å²) in [5.74, 6) is -0.296. The molecular weight excluding hydrogens is 280 g/mol. The van der Waals surface area contributed by atoms with Gasteiger partial charge < -0.3 is 10.3 Å². The molecule has 0 aliphatic heterocycles. The Hall–Kier alpha value is -2.89. The van der Waals surface area contributed by atoms with Crippen molar-refractivity contribution in [2.45, 2.75) is 13.3 Å². The number of aromatic nitrogens is 3. The number of aromatic amines is 2. The maximum absolute atomic E-state index is 11.9. The van der Waals surface area contributed by atoms with E-state index in [0.717, 1.165) is 23.2 Å². The van der Waals surface area contributed by atoms with Crippen LogP contribution in [0.25, 0.3) is 10.9 Å². The van der Waals surface area contributed by atoms with Gasteiger partial charge in [-0.05, 0) is 48.6 Å². The normalized spacial score (nSPS) is 10.8. The van der Waals surface area contributed by atoms with Crippen molar-refractivity contribution in [3.05, 3.63) is 63.7 Å². The van der Waals surface area contributed by atoms with E-state index in [2.05, 4.69) is 32.6 Å². The van der Waals surface area contributed by atoms with E-state index in [1.165, 1.54) is 17.5 Å². The molecule has 0 bridgehead atoms. The second-order valence-electron chi connectivity index (χ2n) is 5.19. The fourth-order valence-electron chi connectivity index (χ4n) is 2.36. The molecule has 0 aliphatic rings. The Morgan fingerprint density at radius 2 is 2.09 bits per heavy atom. The molecule has 1 amide bonds. The summed E-state index contributed by atoms with van der Waals surface area (Å²) in [6.07, 6.45) is 0.731. The third-order valence-corrected chi connectivity index (χ3v) is 3.43. The number of aryl methyl sites for hydroxylation is 1. The molecule has 0 saturated heterocycles. The zero-order valence-electron chi connectivity index (χ0n) is 12.1. The third kappa shape index (κ3) is 3.06. The first-order valence-corrected chi connectivity index (χ1v) is 7.04. The lowest BCUT2D eigenvalue weighted by atomic mass is 10.1. The highest BCUT2D eigenvalue weighted by Gasteiger charge is 2.06. The molecule has 0 atom stereocenters. The Balaban J connectivity index is 1.60. The molecule has 6 nitrogen and oxygen atoms in total. The predicted molar refractivity (Wildman–Crippen MR) is 83.9 cm³/mol. The van der Waals surface area contributed by atoms with E-state index in [-0.39, 0.29) is 17.2 Å². The SMILES string of the molecule is Cc1cc2cc(CCNC(=O)c3ccc(=O)[nH]n3)ccc2[nH]1. The van der Waals surface area contributed by atoms with Gasteiger partial charge in [0.05, 0.1) is 0 Å². The van der Waals surface area contributed by atoms with Gasteiger partial charge in [0.1, 0.15) is 5.69 Å². The molecule has 0 fully saturated rings. The molecule has 3 aromatic rings. The molecule has 0 unspecified atom stereocenters. The summed E-state index contributed by atoms with van der Waals surface area (Å²) in [7, 11) is 0. The first-order chi connectivity index (χ1) is 10.6. The minimum absolute atomic E-state index is 0.205. The largest absolute Gasteiger partial charge is 0.359 e. The zero-order valence-corrected chi connectivity index (χ0v) is 12.1. The number of carbonyl (C=O) groups is 1. The first kappa shape index (κ1) is 14.1. The summed E-state index contributed by atoms with van der Waals surface area (Å²) in [5, 5.41) is 9.89. The number of nitrogens with one attached hydrogen (secondary N) is 3. The van der Waals surface area contributed by atoms with E-state index in [1.807, 2.05) is 19.1 Å². The summed E-state index contributed by atoms with van der Waals surface area (Å²) in [4.78, 5) is 26.0. The minimum Gasteiger partial charge on any atom is -0.359 e. The summed E-state index contributed by atoms with van der Waals surface area (Å²) >= 11 is 0. The van der Waals surface area contributed by atoms with Crippen LogP contribution in [0.4, 0.5) is 0 Å². The second kappa shape index (κ2) is 5.85. The van der Waals surface area contributed by atoms with Gasteiger partial charge in [-0.2, -0.15) is 5.10 Å². The average Bonchev–Trinajstić information content (AvgIpc) is 2.87. The van der Waals surface area contributed by atoms with Crippen LogP contribution in [0.15, 0.2) is 41.2 Å². The van der Waals surface area contributed by atoms with Crippen molar-refractivity contribution in [1.82, 2.24) is 20.5 Å². The summed E-state index contributed by atoms with van der Waals surface area (Å²) in [6.45, 7) is 2.53. The van der Waals surface area contributed by atoms with Crippen LogP contribution in [0.5, 0.6) is 0 Å². The first-order valence-electron chi connectivity index (χ1n) is 7.04. The van der Waals surface area contributed by atoms with E-state index < -0.39 is 0 Å². The van der Waals surface area contributed by atoms with Gasteiger partial charge in [0.2, 0.25) is 0 Å². The molecule has 3 rings (SSSR count). The number of nitrogens with zero attached hydrogens (tertiary/aromatic N) is 1. The number of benzene rings is 1. The van der Waals surface area contributed by atoms with Crippen LogP contribution in [0.2, 0.25) is 0 Å². The van der Waals surface area contributed by atoms with Gasteiger partial charge >= 0.3 is 0 Å². The Morgan fingerprint density at radius 3 is 2.86 bits per heavy atom. The van der Waals surface area contributed by atoms with Crippen molar-refractivity contribution in [2.75, 3.05) is 6.54 Å². The van der Waals surface area contributed by atoms with Crippen LogP contribution in [0.1, 0.15) is 21.7 Å². The monoisotopic (exact) mass is 296 g/mol. The number of carbonyl (C=O) groups excluding carboxylic acids is 1. The van der Waals surface area contributed by atoms with Gasteiger partial charge in [0, 0.05) is 23.8 Å². The Labute approximate surface area is 126 Å². The van der Waals surface area contributed by atoms with E-state index in [4.69, 9.17) is 0 Å². The van der Waals surface area contributed by atoms with E-state index >= 15 is 0 Å². The van der Waals surface area contributed by atoms with Crippen LogP contribution in [0.3, 0.4) is 0 Å². The number of fused-ring (bicyclic) bond motifs is 1. The van der Waals surface area contributed by atoms with Crippen LogP contribution in [0, 0.1) is 6.92 Å². The molecule has 0 spiro atoms. The van der Waals surface area contributed by atoms with Gasteiger partial charge in [-0.15, -0.1) is 0 Å². The predicted octanol–water partition coefficient (Wildman–Crippen LogP) is 1.53. The molecule has 0 aliphatic carbocycles. The Kier molecular flexibility index (Phi) is 3.74. The molecule has 2 heterocycles. The van der Waals surface area contributed by atoms with Crippen molar-refractivity contribution >= 4 is 16.8 Å². The summed E-state index contributed by atoms with van der Waals surface area (Å²) < 4.78 is 0. The average molecular weight is 296 g/mol. The number of hydrogen-bond acceptors (Lipinski definition) is 3. The van der Waals surface area contributed by atoms with Crippen LogP contribution in [-0.2, 0) is 6.42 Å². The highest BCUT2D eigenvalue weighted by atomic mass is 16.2. The third-order valence-electron chi connectivity index (χ3n) is 3.43. The van der Waals surface area contributed by atoms with Gasteiger partial charge in [-0.25, -0.2) is 5.10 Å². The summed E-state index contributed by atoms with van der Waals surface area (Å²) in [5.41, 5.74) is 3.27. The number of H-pyrrole nitrogens is 2. The summed E-state index contributed by atoms with van der Waals surface area (Å²) in [6, 6.07) is 11.0. The zero-order chi connectivity index (χ0) is 15.5. The van der Waals surface area contributed by atoms with E-state index in [1.54, 1.807) is 0 Å². The molecule has 112 valence electrons. The van der Waals surface area contributed by atoms with Crippen LogP contribution >= 0.6 is 0 Å². The minimum atomic E-state index is -0.327. The standard InChI is InChI=1S/C16H16N4O2/c1-10-8-12-9-11(2-3-13(12)18-10)6-7-17-16(22)14-4-5-15(21)20-19-14/h2-5,8-9,18H,6-7H2,1H3,(H,17,22)(H,20,21). The lowest BCUT2D eigenvalue weighted by Crippen LogP contribution is -2.27. The molecule has 22 heavy (non-hydrogen) atoms. The number of rotatable bonds is 4. The maximum atomic E-state index is 11.9. The molecular formula is C16H16N4O2. The molecule has 3 N–H and O–H groups in total. The fourth-order valence-corrected chi connectivity index (χ4v) is 2.36. The van der Waals surface area contributed by atoms with Gasteiger partial charge in [0.15, 0.2) is 0 Å². The van der Waals surface area contributed by atoms with Crippen molar-refractivity contribution in [1.29, 1.82) is 0 Å². The number of amides is 1. The molecule has 1 aromatic carbocycles. The maximum Gasteiger partial charge on any atom is 0.271 e. The van der Waals surface area contributed by atoms with Crippen molar-refractivity contribution in [2.24, 2.45) is 0 Å². The van der Waals surface area contributed by atoms with E-state index in [9.17, 15) is 9.59 Å². The van der Waals surface area contributed by atoms with Crippen LogP contribution < -0.4 is 10.9 Å². The Bertz CT molecular complexity index is 859. The fraction of sp³-hybridized carbons (Fsp3) is 0.188. The Morgan fingerprint density at radius 1 is 1.23 bits per heavy atom. The van der Waals surface area contributed by atoms with Crippen molar-refractivity contribution in [3.8, 4) is 0 Å². The van der Waals surface area contributed by atoms with Crippen molar-refractivity contribution in [3.63, 3.8) is 0 Å². The lowest BCUT2D eigenvalue weighted by Gasteiger charge is -2.05.